The molecule has 5 nitrogen and oxygen atoms in total. The van der Waals surface area contributed by atoms with Crippen LogP contribution in [0.4, 0.5) is 0 Å². The maximum Gasteiger partial charge on any atom is 0.161 e. The minimum absolute atomic E-state index is 0.270. The highest BCUT2D eigenvalue weighted by Gasteiger charge is 2.27. The zero-order valence-electron chi connectivity index (χ0n) is 13.1. The number of aromatic nitrogens is 2. The van der Waals surface area contributed by atoms with E-state index in [9.17, 15) is 0 Å². The van der Waals surface area contributed by atoms with Crippen LogP contribution in [0.3, 0.4) is 0 Å². The van der Waals surface area contributed by atoms with Crippen molar-refractivity contribution in [2.24, 2.45) is 5.92 Å². The third-order valence-corrected chi connectivity index (χ3v) is 3.88. The lowest BCUT2D eigenvalue weighted by atomic mass is 9.96. The Bertz CT molecular complexity index is 411. The summed E-state index contributed by atoms with van der Waals surface area (Å²) < 4.78 is 13.1. The van der Waals surface area contributed by atoms with Gasteiger partial charge in [0, 0.05) is 19.3 Å². The minimum Gasteiger partial charge on any atom is -0.493 e. The van der Waals surface area contributed by atoms with Crippen molar-refractivity contribution in [2.75, 3.05) is 26.9 Å². The lowest BCUT2D eigenvalue weighted by Gasteiger charge is -2.24. The van der Waals surface area contributed by atoms with E-state index in [1.807, 2.05) is 6.20 Å². The predicted octanol–water partition coefficient (Wildman–Crippen LogP) is 2.55. The molecule has 1 fully saturated rings. The van der Waals surface area contributed by atoms with E-state index in [0.29, 0.717) is 12.0 Å². The van der Waals surface area contributed by atoms with Crippen LogP contribution in [-0.2, 0) is 4.74 Å². The van der Waals surface area contributed by atoms with Crippen LogP contribution in [0.5, 0.6) is 5.75 Å². The third-order valence-electron chi connectivity index (χ3n) is 3.88. The number of nitrogens with one attached hydrogen (secondary N) is 1. The summed E-state index contributed by atoms with van der Waals surface area (Å²) in [6.07, 6.45) is 4.05. The number of methoxy groups -OCH3 is 1. The van der Waals surface area contributed by atoms with E-state index in [0.717, 1.165) is 44.0 Å². The molecule has 20 heavy (non-hydrogen) atoms. The fourth-order valence-electron chi connectivity index (χ4n) is 2.90. The molecule has 0 aliphatic carbocycles. The summed E-state index contributed by atoms with van der Waals surface area (Å²) in [6, 6.07) is 0.599. The summed E-state index contributed by atoms with van der Waals surface area (Å²) in [5, 5.41) is 8.07. The van der Waals surface area contributed by atoms with Gasteiger partial charge in [-0.25, -0.2) is 0 Å². The molecule has 0 bridgehead atoms. The van der Waals surface area contributed by atoms with E-state index in [1.165, 1.54) is 0 Å². The molecular formula is C15H27N3O2. The van der Waals surface area contributed by atoms with Crippen LogP contribution < -0.4 is 10.1 Å². The first kappa shape index (κ1) is 15.3. The Morgan fingerprint density at radius 1 is 1.55 bits per heavy atom. The monoisotopic (exact) mass is 281 g/mol. The number of ether oxygens (including phenoxy) is 2. The fourth-order valence-corrected chi connectivity index (χ4v) is 2.90. The molecular weight excluding hydrogens is 254 g/mol. The molecule has 114 valence electrons. The first-order valence-corrected chi connectivity index (χ1v) is 7.59. The Labute approximate surface area is 121 Å². The van der Waals surface area contributed by atoms with Crippen molar-refractivity contribution >= 4 is 0 Å². The van der Waals surface area contributed by atoms with Crippen LogP contribution in [0.2, 0.25) is 0 Å². The molecule has 0 spiro atoms. The van der Waals surface area contributed by atoms with Crippen LogP contribution in [0.1, 0.15) is 51.4 Å². The van der Waals surface area contributed by atoms with Crippen LogP contribution in [-0.4, -0.2) is 36.6 Å². The van der Waals surface area contributed by atoms with Crippen molar-refractivity contribution in [3.8, 4) is 5.75 Å². The molecule has 0 radical (unpaired) electrons. The SMILES string of the molecule is CCNC(CC1CCOC1)c1c(OC)cnn1C(C)C. The van der Waals surface area contributed by atoms with E-state index < -0.39 is 0 Å². The van der Waals surface area contributed by atoms with Gasteiger partial charge in [-0.3, -0.25) is 4.68 Å². The normalized spacial score (nSPS) is 20.6. The Balaban J connectivity index is 2.24. The van der Waals surface area contributed by atoms with Crippen molar-refractivity contribution < 1.29 is 9.47 Å². The fraction of sp³-hybridized carbons (Fsp3) is 0.800. The molecule has 5 heteroatoms. The smallest absolute Gasteiger partial charge is 0.161 e. The van der Waals surface area contributed by atoms with E-state index in [1.54, 1.807) is 7.11 Å². The van der Waals surface area contributed by atoms with E-state index in [2.05, 4.69) is 35.9 Å². The summed E-state index contributed by atoms with van der Waals surface area (Å²) in [7, 11) is 1.72. The van der Waals surface area contributed by atoms with Crippen molar-refractivity contribution in [2.45, 2.75) is 45.7 Å². The average molecular weight is 281 g/mol. The number of rotatable bonds is 7. The van der Waals surface area contributed by atoms with Crippen molar-refractivity contribution in [3.05, 3.63) is 11.9 Å². The maximum absolute atomic E-state index is 5.51. The molecule has 0 amide bonds. The number of hydrogen-bond donors (Lipinski definition) is 1. The summed E-state index contributed by atoms with van der Waals surface area (Å²) >= 11 is 0. The third kappa shape index (κ3) is 3.33. The van der Waals surface area contributed by atoms with E-state index >= 15 is 0 Å². The van der Waals surface area contributed by atoms with Gasteiger partial charge in [-0.1, -0.05) is 6.92 Å². The molecule has 2 heterocycles. The van der Waals surface area contributed by atoms with Crippen LogP contribution in [0.25, 0.3) is 0 Å². The van der Waals surface area contributed by atoms with Gasteiger partial charge in [0.15, 0.2) is 5.75 Å². The first-order chi connectivity index (χ1) is 9.67. The zero-order chi connectivity index (χ0) is 14.5. The Hall–Kier alpha value is -1.07. The zero-order valence-corrected chi connectivity index (χ0v) is 13.1. The van der Waals surface area contributed by atoms with Gasteiger partial charge in [-0.15, -0.1) is 0 Å². The standard InChI is InChI=1S/C15H27N3O2/c1-5-16-13(8-12-6-7-20-10-12)15-14(19-4)9-17-18(15)11(2)3/h9,11-13,16H,5-8,10H2,1-4H3. The second-order valence-electron chi connectivity index (χ2n) is 5.71. The quantitative estimate of drug-likeness (QED) is 0.834. The van der Waals surface area contributed by atoms with Crippen molar-refractivity contribution in [1.29, 1.82) is 0 Å². The lowest BCUT2D eigenvalue weighted by molar-refractivity contribution is 0.180. The Morgan fingerprint density at radius 3 is 2.90 bits per heavy atom. The second kappa shape index (κ2) is 7.09. The molecule has 1 saturated heterocycles. The minimum atomic E-state index is 0.270. The van der Waals surface area contributed by atoms with Crippen LogP contribution in [0.15, 0.2) is 6.20 Å². The predicted molar refractivity (Wildman–Crippen MR) is 79.1 cm³/mol. The molecule has 1 aliphatic heterocycles. The summed E-state index contributed by atoms with van der Waals surface area (Å²) in [5.74, 6) is 1.50. The van der Waals surface area contributed by atoms with Gasteiger partial charge < -0.3 is 14.8 Å². The van der Waals surface area contributed by atoms with E-state index in [4.69, 9.17) is 9.47 Å². The summed E-state index contributed by atoms with van der Waals surface area (Å²) in [5.41, 5.74) is 1.16. The molecule has 0 saturated carbocycles. The topological polar surface area (TPSA) is 48.3 Å². The summed E-state index contributed by atoms with van der Waals surface area (Å²) in [4.78, 5) is 0. The van der Waals surface area contributed by atoms with Gasteiger partial charge >= 0.3 is 0 Å². The van der Waals surface area contributed by atoms with Gasteiger partial charge in [-0.05, 0) is 39.2 Å². The molecule has 2 unspecified atom stereocenters. The van der Waals surface area contributed by atoms with E-state index in [-0.39, 0.29) is 6.04 Å². The van der Waals surface area contributed by atoms with Crippen LogP contribution in [0, 0.1) is 5.92 Å². The van der Waals surface area contributed by atoms with Gasteiger partial charge in [-0.2, -0.15) is 5.10 Å². The Morgan fingerprint density at radius 2 is 2.35 bits per heavy atom. The highest BCUT2D eigenvalue weighted by molar-refractivity contribution is 5.29. The van der Waals surface area contributed by atoms with Gasteiger partial charge in [0.25, 0.3) is 0 Å². The molecule has 2 rings (SSSR count). The molecule has 0 aromatic carbocycles. The van der Waals surface area contributed by atoms with Gasteiger partial charge in [0.2, 0.25) is 0 Å². The first-order valence-electron chi connectivity index (χ1n) is 7.59. The molecule has 1 aliphatic rings. The number of hydrogen-bond acceptors (Lipinski definition) is 4. The largest absolute Gasteiger partial charge is 0.493 e. The van der Waals surface area contributed by atoms with Gasteiger partial charge in [0.05, 0.1) is 25.0 Å². The highest BCUT2D eigenvalue weighted by Crippen LogP contribution is 2.33. The number of nitrogens with zero attached hydrogens (tertiary/aromatic N) is 2. The summed E-state index contributed by atoms with van der Waals surface area (Å²) in [6.45, 7) is 9.14. The Kier molecular flexibility index (Phi) is 5.43. The van der Waals surface area contributed by atoms with Crippen molar-refractivity contribution in [1.82, 2.24) is 15.1 Å². The second-order valence-corrected chi connectivity index (χ2v) is 5.71. The highest BCUT2D eigenvalue weighted by atomic mass is 16.5. The van der Waals surface area contributed by atoms with Crippen LogP contribution >= 0.6 is 0 Å². The molecule has 1 N–H and O–H groups in total. The maximum atomic E-state index is 5.51. The average Bonchev–Trinajstić information content (AvgIpc) is 3.06. The van der Waals surface area contributed by atoms with Gasteiger partial charge in [0.1, 0.15) is 0 Å². The lowest BCUT2D eigenvalue weighted by Crippen LogP contribution is -2.27. The molecule has 1 aromatic heterocycles. The molecule has 1 aromatic rings. The van der Waals surface area contributed by atoms with Crippen molar-refractivity contribution in [3.63, 3.8) is 0 Å². The molecule has 2 atom stereocenters.